The summed E-state index contributed by atoms with van der Waals surface area (Å²) in [6.45, 7) is 6.68. The molecule has 0 amide bonds. The summed E-state index contributed by atoms with van der Waals surface area (Å²) < 4.78 is 32.5. The summed E-state index contributed by atoms with van der Waals surface area (Å²) in [5.74, 6) is 0. The van der Waals surface area contributed by atoms with Crippen LogP contribution in [0.2, 0.25) is 0 Å². The van der Waals surface area contributed by atoms with Gasteiger partial charge < -0.3 is 10.1 Å². The molecule has 2 rings (SSSR count). The molecule has 0 aromatic carbocycles. The largest absolute Gasteiger partial charge is 0.381 e. The molecule has 0 aromatic heterocycles. The van der Waals surface area contributed by atoms with Crippen molar-refractivity contribution in [3.8, 4) is 0 Å². The van der Waals surface area contributed by atoms with Crippen LogP contribution in [-0.2, 0) is 14.8 Å². The third-order valence-corrected chi connectivity index (χ3v) is 6.59. The van der Waals surface area contributed by atoms with Crippen LogP contribution in [0.15, 0.2) is 0 Å². The van der Waals surface area contributed by atoms with Crippen LogP contribution in [0.25, 0.3) is 0 Å². The predicted molar refractivity (Wildman–Crippen MR) is 75.6 cm³/mol. The zero-order chi connectivity index (χ0) is 13.9. The number of ether oxygens (including phenoxy) is 1. The highest BCUT2D eigenvalue weighted by Gasteiger charge is 2.36. The van der Waals surface area contributed by atoms with Gasteiger partial charge in [-0.05, 0) is 46.1 Å². The Bertz CT molecular complexity index is 371. The van der Waals surface area contributed by atoms with Crippen LogP contribution in [0.5, 0.6) is 0 Å². The van der Waals surface area contributed by atoms with Gasteiger partial charge in [-0.25, -0.2) is 8.42 Å². The second kappa shape index (κ2) is 6.52. The summed E-state index contributed by atoms with van der Waals surface area (Å²) >= 11 is 0. The topological polar surface area (TPSA) is 58.6 Å². The molecule has 1 unspecified atom stereocenters. The van der Waals surface area contributed by atoms with Crippen LogP contribution in [0.1, 0.15) is 39.5 Å². The number of sulfonamides is 1. The first kappa shape index (κ1) is 15.2. The Morgan fingerprint density at radius 2 is 1.95 bits per heavy atom. The highest BCUT2D eigenvalue weighted by atomic mass is 32.2. The molecule has 2 saturated heterocycles. The molecule has 5 nitrogen and oxygen atoms in total. The second-order valence-corrected chi connectivity index (χ2v) is 7.98. The van der Waals surface area contributed by atoms with E-state index in [1.54, 1.807) is 4.31 Å². The van der Waals surface area contributed by atoms with Crippen molar-refractivity contribution < 1.29 is 13.2 Å². The van der Waals surface area contributed by atoms with Crippen molar-refractivity contribution in [2.75, 3.05) is 26.3 Å². The van der Waals surface area contributed by atoms with E-state index in [9.17, 15) is 8.42 Å². The quantitative estimate of drug-likeness (QED) is 0.819. The van der Waals surface area contributed by atoms with Crippen molar-refractivity contribution >= 4 is 10.0 Å². The molecule has 6 heteroatoms. The molecule has 0 bridgehead atoms. The van der Waals surface area contributed by atoms with Crippen molar-refractivity contribution in [3.63, 3.8) is 0 Å². The van der Waals surface area contributed by atoms with E-state index in [0.29, 0.717) is 38.6 Å². The first-order valence-corrected chi connectivity index (χ1v) is 8.84. The normalized spacial score (nSPS) is 26.4. The molecule has 2 heterocycles. The number of nitrogens with one attached hydrogen (secondary N) is 1. The van der Waals surface area contributed by atoms with Crippen LogP contribution in [0.4, 0.5) is 0 Å². The standard InChI is InChI=1S/C13H26N2O3S/c1-11(2)15(10-12-4-3-7-14-12)19(16,17)13-5-8-18-9-6-13/h11-14H,3-10H2,1-2H3. The fourth-order valence-corrected chi connectivity index (χ4v) is 5.05. The smallest absolute Gasteiger partial charge is 0.217 e. The Morgan fingerprint density at radius 1 is 1.26 bits per heavy atom. The first-order valence-electron chi connectivity index (χ1n) is 7.33. The Labute approximate surface area is 116 Å². The second-order valence-electron chi connectivity index (χ2n) is 5.81. The van der Waals surface area contributed by atoms with Gasteiger partial charge in [-0.3, -0.25) is 0 Å². The Kier molecular flexibility index (Phi) is 5.22. The SMILES string of the molecule is CC(C)N(CC1CCCN1)S(=O)(=O)C1CCOCC1. The summed E-state index contributed by atoms with van der Waals surface area (Å²) in [6.07, 6.45) is 3.48. The zero-order valence-corrected chi connectivity index (χ0v) is 12.8. The van der Waals surface area contributed by atoms with Gasteiger partial charge >= 0.3 is 0 Å². The number of hydrogen-bond acceptors (Lipinski definition) is 4. The van der Waals surface area contributed by atoms with E-state index in [2.05, 4.69) is 5.32 Å². The van der Waals surface area contributed by atoms with E-state index in [0.717, 1.165) is 19.4 Å². The maximum Gasteiger partial charge on any atom is 0.217 e. The highest BCUT2D eigenvalue weighted by Crippen LogP contribution is 2.23. The van der Waals surface area contributed by atoms with Crippen LogP contribution in [0, 0.1) is 0 Å². The van der Waals surface area contributed by atoms with Gasteiger partial charge in [-0.15, -0.1) is 0 Å². The van der Waals surface area contributed by atoms with Crippen molar-refractivity contribution in [3.05, 3.63) is 0 Å². The summed E-state index contributed by atoms with van der Waals surface area (Å²) in [5, 5.41) is 3.13. The fraction of sp³-hybridized carbons (Fsp3) is 1.00. The minimum atomic E-state index is -3.20. The van der Waals surface area contributed by atoms with E-state index in [1.807, 2.05) is 13.8 Å². The van der Waals surface area contributed by atoms with Gasteiger partial charge in [0.05, 0.1) is 5.25 Å². The van der Waals surface area contributed by atoms with Gasteiger partial charge in [0.1, 0.15) is 0 Å². The number of rotatable bonds is 5. The van der Waals surface area contributed by atoms with E-state index in [-0.39, 0.29) is 11.3 Å². The molecule has 2 fully saturated rings. The molecule has 1 N–H and O–H groups in total. The predicted octanol–water partition coefficient (Wildman–Crippen LogP) is 0.958. The maximum atomic E-state index is 12.8. The van der Waals surface area contributed by atoms with Crippen molar-refractivity contribution in [2.24, 2.45) is 0 Å². The summed E-state index contributed by atoms with van der Waals surface area (Å²) in [7, 11) is -3.20. The van der Waals surface area contributed by atoms with Gasteiger partial charge in [0, 0.05) is 31.8 Å². The summed E-state index contributed by atoms with van der Waals surface area (Å²) in [6, 6.07) is 0.340. The lowest BCUT2D eigenvalue weighted by Gasteiger charge is -2.33. The Morgan fingerprint density at radius 3 is 2.47 bits per heavy atom. The Balaban J connectivity index is 2.07. The molecule has 0 saturated carbocycles. The molecule has 0 aromatic rings. The average molecular weight is 290 g/mol. The lowest BCUT2D eigenvalue weighted by Crippen LogP contribution is -2.49. The van der Waals surface area contributed by atoms with E-state index < -0.39 is 10.0 Å². The fourth-order valence-electron chi connectivity index (χ4n) is 2.90. The molecular weight excluding hydrogens is 264 g/mol. The number of hydrogen-bond donors (Lipinski definition) is 1. The lowest BCUT2D eigenvalue weighted by atomic mass is 10.2. The minimum Gasteiger partial charge on any atom is -0.381 e. The van der Waals surface area contributed by atoms with Gasteiger partial charge in [-0.2, -0.15) is 4.31 Å². The van der Waals surface area contributed by atoms with Gasteiger partial charge in [0.15, 0.2) is 0 Å². The van der Waals surface area contributed by atoms with E-state index >= 15 is 0 Å². The molecule has 0 radical (unpaired) electrons. The van der Waals surface area contributed by atoms with E-state index in [1.165, 1.54) is 0 Å². The molecule has 1 atom stereocenters. The summed E-state index contributed by atoms with van der Waals surface area (Å²) in [4.78, 5) is 0. The van der Waals surface area contributed by atoms with Gasteiger partial charge in [0.25, 0.3) is 0 Å². The van der Waals surface area contributed by atoms with Crippen LogP contribution >= 0.6 is 0 Å². The molecule has 0 aliphatic carbocycles. The van der Waals surface area contributed by atoms with Gasteiger partial charge in [0.2, 0.25) is 10.0 Å². The molecule has 112 valence electrons. The summed E-state index contributed by atoms with van der Waals surface area (Å²) in [5.41, 5.74) is 0. The van der Waals surface area contributed by atoms with E-state index in [4.69, 9.17) is 4.74 Å². The minimum absolute atomic E-state index is 0.0234. The monoisotopic (exact) mass is 290 g/mol. The molecule has 0 spiro atoms. The van der Waals surface area contributed by atoms with Crippen molar-refractivity contribution in [2.45, 2.75) is 56.9 Å². The van der Waals surface area contributed by atoms with Crippen LogP contribution in [0.3, 0.4) is 0 Å². The van der Waals surface area contributed by atoms with Crippen molar-refractivity contribution in [1.29, 1.82) is 0 Å². The van der Waals surface area contributed by atoms with Crippen LogP contribution in [-0.4, -0.2) is 56.4 Å². The molecule has 19 heavy (non-hydrogen) atoms. The lowest BCUT2D eigenvalue weighted by molar-refractivity contribution is 0.0968. The molecular formula is C13H26N2O3S. The highest BCUT2D eigenvalue weighted by molar-refractivity contribution is 7.89. The maximum absolute atomic E-state index is 12.8. The Hall–Kier alpha value is -0.170. The first-order chi connectivity index (χ1) is 9.01. The third kappa shape index (κ3) is 3.68. The average Bonchev–Trinajstić information content (AvgIpc) is 2.89. The third-order valence-electron chi connectivity index (χ3n) is 4.06. The number of nitrogens with zero attached hydrogens (tertiary/aromatic N) is 1. The van der Waals surface area contributed by atoms with Gasteiger partial charge in [-0.1, -0.05) is 0 Å². The molecule has 2 aliphatic heterocycles. The molecule has 2 aliphatic rings. The zero-order valence-electron chi connectivity index (χ0n) is 12.0. The van der Waals surface area contributed by atoms with Crippen molar-refractivity contribution in [1.82, 2.24) is 9.62 Å². The van der Waals surface area contributed by atoms with Crippen LogP contribution < -0.4 is 5.32 Å².